The zero-order chi connectivity index (χ0) is 17.1. The number of aromatic nitrogens is 3. The molecule has 1 atom stereocenters. The highest BCUT2D eigenvalue weighted by molar-refractivity contribution is 9.10. The van der Waals surface area contributed by atoms with Crippen molar-refractivity contribution in [1.82, 2.24) is 20.1 Å². The first-order valence-electron chi connectivity index (χ1n) is 7.29. The van der Waals surface area contributed by atoms with E-state index in [9.17, 15) is 9.90 Å². The van der Waals surface area contributed by atoms with Crippen molar-refractivity contribution < 1.29 is 9.90 Å². The highest BCUT2D eigenvalue weighted by Crippen LogP contribution is 2.23. The van der Waals surface area contributed by atoms with Gasteiger partial charge in [-0.1, -0.05) is 28.1 Å². The fourth-order valence-electron chi connectivity index (χ4n) is 2.31. The van der Waals surface area contributed by atoms with Crippen molar-refractivity contribution in [3.8, 4) is 11.4 Å². The first kappa shape index (κ1) is 16.2. The summed E-state index contributed by atoms with van der Waals surface area (Å²) in [4.78, 5) is 16.3. The molecule has 0 aliphatic rings. The van der Waals surface area contributed by atoms with E-state index in [1.54, 1.807) is 23.1 Å². The van der Waals surface area contributed by atoms with Gasteiger partial charge in [0.25, 0.3) is 5.91 Å². The number of amides is 1. The fourth-order valence-corrected chi connectivity index (χ4v) is 2.67. The van der Waals surface area contributed by atoms with E-state index in [0.29, 0.717) is 0 Å². The largest absolute Gasteiger partial charge is 0.507 e. The van der Waals surface area contributed by atoms with Gasteiger partial charge in [0.2, 0.25) is 0 Å². The average Bonchev–Trinajstić information content (AvgIpc) is 3.11. The summed E-state index contributed by atoms with van der Waals surface area (Å²) < 4.78 is 2.39. The Morgan fingerprint density at radius 2 is 2.00 bits per heavy atom. The van der Waals surface area contributed by atoms with Crippen LogP contribution in [0.1, 0.15) is 28.9 Å². The van der Waals surface area contributed by atoms with Crippen LogP contribution in [-0.2, 0) is 0 Å². The predicted octanol–water partition coefficient (Wildman–Crippen LogP) is 3.23. The van der Waals surface area contributed by atoms with Crippen LogP contribution in [0.15, 0.2) is 59.6 Å². The van der Waals surface area contributed by atoms with Crippen molar-refractivity contribution in [2.45, 2.75) is 13.0 Å². The molecule has 0 spiro atoms. The SMILES string of the molecule is C[C@H](NC(=O)c1cc(Br)ccc1O)c1ccc(-n2cncn2)cc1. The van der Waals surface area contributed by atoms with Crippen molar-refractivity contribution in [1.29, 1.82) is 0 Å². The standard InChI is InChI=1S/C17H15BrN4O2/c1-11(21-17(24)15-8-13(18)4-7-16(15)23)12-2-5-14(6-3-12)22-10-19-9-20-22/h2-11,23H,1H3,(H,21,24)/t11-/m0/s1. The van der Waals surface area contributed by atoms with Crippen LogP contribution in [0.25, 0.3) is 5.69 Å². The number of aromatic hydroxyl groups is 1. The number of nitrogens with zero attached hydrogens (tertiary/aromatic N) is 3. The van der Waals surface area contributed by atoms with Crippen LogP contribution in [0.2, 0.25) is 0 Å². The van der Waals surface area contributed by atoms with E-state index in [-0.39, 0.29) is 23.3 Å². The van der Waals surface area contributed by atoms with Crippen molar-refractivity contribution >= 4 is 21.8 Å². The number of carbonyl (C=O) groups excluding carboxylic acids is 1. The second-order valence-electron chi connectivity index (χ2n) is 5.29. The van der Waals surface area contributed by atoms with Crippen molar-refractivity contribution in [3.63, 3.8) is 0 Å². The van der Waals surface area contributed by atoms with Crippen molar-refractivity contribution in [2.75, 3.05) is 0 Å². The van der Waals surface area contributed by atoms with Crippen LogP contribution in [0.4, 0.5) is 0 Å². The summed E-state index contributed by atoms with van der Waals surface area (Å²) in [5.74, 6) is -0.383. The number of phenols is 1. The molecule has 3 rings (SSSR count). The Kier molecular flexibility index (Phi) is 4.61. The number of nitrogens with one attached hydrogen (secondary N) is 1. The molecule has 0 aliphatic carbocycles. The topological polar surface area (TPSA) is 80.0 Å². The summed E-state index contributed by atoms with van der Waals surface area (Å²) >= 11 is 3.30. The van der Waals surface area contributed by atoms with E-state index in [1.165, 1.54) is 12.4 Å². The summed E-state index contributed by atoms with van der Waals surface area (Å²) in [6, 6.07) is 12.2. The van der Waals surface area contributed by atoms with Crippen LogP contribution >= 0.6 is 15.9 Å². The van der Waals surface area contributed by atoms with Gasteiger partial charge in [-0.25, -0.2) is 9.67 Å². The van der Waals surface area contributed by atoms with Gasteiger partial charge in [0, 0.05) is 4.47 Å². The highest BCUT2D eigenvalue weighted by atomic mass is 79.9. The van der Waals surface area contributed by atoms with Gasteiger partial charge in [-0.3, -0.25) is 4.79 Å². The number of rotatable bonds is 4. The lowest BCUT2D eigenvalue weighted by Crippen LogP contribution is -2.26. The third kappa shape index (κ3) is 3.46. The fraction of sp³-hybridized carbons (Fsp3) is 0.118. The summed E-state index contributed by atoms with van der Waals surface area (Å²) in [6.07, 6.45) is 3.09. The van der Waals surface area contributed by atoms with E-state index in [0.717, 1.165) is 15.7 Å². The second kappa shape index (κ2) is 6.84. The molecule has 122 valence electrons. The highest BCUT2D eigenvalue weighted by Gasteiger charge is 2.15. The van der Waals surface area contributed by atoms with E-state index < -0.39 is 0 Å². The van der Waals surface area contributed by atoms with Crippen LogP contribution in [0, 0.1) is 0 Å². The molecule has 24 heavy (non-hydrogen) atoms. The Balaban J connectivity index is 1.73. The van der Waals surface area contributed by atoms with Crippen LogP contribution in [0.5, 0.6) is 5.75 Å². The number of phenolic OH excluding ortho intramolecular Hbond substituents is 1. The lowest BCUT2D eigenvalue weighted by molar-refractivity contribution is 0.0937. The van der Waals surface area contributed by atoms with Gasteiger partial charge < -0.3 is 10.4 Å². The van der Waals surface area contributed by atoms with Gasteiger partial charge in [0.15, 0.2) is 0 Å². The third-order valence-corrected chi connectivity index (χ3v) is 4.12. The molecule has 0 aliphatic heterocycles. The van der Waals surface area contributed by atoms with Gasteiger partial charge in [-0.15, -0.1) is 0 Å². The average molecular weight is 387 g/mol. The smallest absolute Gasteiger partial charge is 0.255 e. The molecule has 0 bridgehead atoms. The second-order valence-corrected chi connectivity index (χ2v) is 6.20. The molecule has 3 aromatic rings. The van der Waals surface area contributed by atoms with E-state index in [2.05, 4.69) is 31.3 Å². The number of halogens is 1. The Morgan fingerprint density at radius 3 is 2.67 bits per heavy atom. The monoisotopic (exact) mass is 386 g/mol. The number of carbonyl (C=O) groups is 1. The third-order valence-electron chi connectivity index (χ3n) is 3.63. The lowest BCUT2D eigenvalue weighted by Gasteiger charge is -2.15. The van der Waals surface area contributed by atoms with Gasteiger partial charge in [-0.05, 0) is 42.8 Å². The quantitative estimate of drug-likeness (QED) is 0.721. The molecule has 2 N–H and O–H groups in total. The zero-order valence-corrected chi connectivity index (χ0v) is 14.4. The summed E-state index contributed by atoms with van der Waals surface area (Å²) in [5, 5.41) is 16.8. The van der Waals surface area contributed by atoms with E-state index in [4.69, 9.17) is 0 Å². The number of benzene rings is 2. The van der Waals surface area contributed by atoms with E-state index >= 15 is 0 Å². The molecule has 7 heteroatoms. The first-order chi connectivity index (χ1) is 11.5. The normalized spacial score (nSPS) is 11.9. The summed E-state index contributed by atoms with van der Waals surface area (Å²) in [7, 11) is 0. The molecule has 1 aromatic heterocycles. The summed E-state index contributed by atoms with van der Waals surface area (Å²) in [6.45, 7) is 1.89. The molecule has 0 saturated heterocycles. The molecule has 6 nitrogen and oxygen atoms in total. The first-order valence-corrected chi connectivity index (χ1v) is 8.08. The summed E-state index contributed by atoms with van der Waals surface area (Å²) in [5.41, 5.74) is 2.07. The maximum Gasteiger partial charge on any atom is 0.255 e. The minimum atomic E-state index is -0.332. The Hall–Kier alpha value is -2.67. The molecule has 0 fully saturated rings. The van der Waals surface area contributed by atoms with Gasteiger partial charge in [0.1, 0.15) is 18.4 Å². The number of hydrogen-bond donors (Lipinski definition) is 2. The predicted molar refractivity (Wildman–Crippen MR) is 93.0 cm³/mol. The minimum absolute atomic E-state index is 0.0515. The molecule has 0 saturated carbocycles. The van der Waals surface area contributed by atoms with Gasteiger partial charge in [0.05, 0.1) is 17.3 Å². The Bertz CT molecular complexity index is 848. The molecule has 2 aromatic carbocycles. The lowest BCUT2D eigenvalue weighted by atomic mass is 10.1. The molecular formula is C17H15BrN4O2. The molecule has 1 amide bonds. The van der Waals surface area contributed by atoms with Gasteiger partial charge >= 0.3 is 0 Å². The Morgan fingerprint density at radius 1 is 1.25 bits per heavy atom. The maximum atomic E-state index is 12.3. The van der Waals surface area contributed by atoms with Crippen LogP contribution in [0.3, 0.4) is 0 Å². The molecule has 1 heterocycles. The molecule has 0 unspecified atom stereocenters. The molecule has 0 radical (unpaired) electrons. The van der Waals surface area contributed by atoms with Crippen molar-refractivity contribution in [3.05, 3.63) is 70.7 Å². The maximum absolute atomic E-state index is 12.3. The van der Waals surface area contributed by atoms with Crippen LogP contribution in [-0.4, -0.2) is 25.8 Å². The van der Waals surface area contributed by atoms with Gasteiger partial charge in [-0.2, -0.15) is 5.10 Å². The van der Waals surface area contributed by atoms with Crippen molar-refractivity contribution in [2.24, 2.45) is 0 Å². The minimum Gasteiger partial charge on any atom is -0.507 e. The zero-order valence-electron chi connectivity index (χ0n) is 12.8. The number of hydrogen-bond acceptors (Lipinski definition) is 4. The van der Waals surface area contributed by atoms with Crippen LogP contribution < -0.4 is 5.32 Å². The van der Waals surface area contributed by atoms with E-state index in [1.807, 2.05) is 31.2 Å². The Labute approximate surface area is 147 Å². The molecular weight excluding hydrogens is 372 g/mol.